The maximum atomic E-state index is 13.3. The number of amides is 2. The number of nitrogens with zero attached hydrogens (tertiary/aromatic N) is 1. The summed E-state index contributed by atoms with van der Waals surface area (Å²) in [6.45, 7) is 3.97. The number of hydrogen-bond acceptors (Lipinski definition) is 3. The summed E-state index contributed by atoms with van der Waals surface area (Å²) in [5, 5.41) is 2.54. The first-order valence-corrected chi connectivity index (χ1v) is 8.67. The molecule has 142 valence electrons. The van der Waals surface area contributed by atoms with Crippen LogP contribution < -0.4 is 15.0 Å². The van der Waals surface area contributed by atoms with Gasteiger partial charge in [0.2, 0.25) is 11.8 Å². The first-order chi connectivity index (χ1) is 12.8. The summed E-state index contributed by atoms with van der Waals surface area (Å²) in [5.41, 5.74) is 0.757. The molecule has 5 nitrogen and oxygen atoms in total. The molecule has 2 aromatic carbocycles. The average Bonchev–Trinajstić information content (AvgIpc) is 3.00. The van der Waals surface area contributed by atoms with Crippen molar-refractivity contribution in [3.8, 4) is 5.75 Å². The number of carbonyl (C=O) groups excluding carboxylic acids is 2. The molecule has 3 rings (SSSR count). The number of benzene rings is 2. The molecule has 1 N–H and O–H groups in total. The molecule has 1 heterocycles. The third-order valence-corrected chi connectivity index (χ3v) is 4.20. The summed E-state index contributed by atoms with van der Waals surface area (Å²) in [4.78, 5) is 26.4. The van der Waals surface area contributed by atoms with E-state index in [4.69, 9.17) is 4.74 Å². The number of hydrogen-bond donors (Lipinski definition) is 1. The highest BCUT2D eigenvalue weighted by atomic mass is 19.2. The van der Waals surface area contributed by atoms with Crippen LogP contribution in [0.2, 0.25) is 0 Å². The Morgan fingerprint density at radius 1 is 1.19 bits per heavy atom. The Bertz CT molecular complexity index is 870. The molecule has 1 aliphatic heterocycles. The van der Waals surface area contributed by atoms with Gasteiger partial charge in [0.15, 0.2) is 11.6 Å². The van der Waals surface area contributed by atoms with Gasteiger partial charge in [-0.3, -0.25) is 9.59 Å². The monoisotopic (exact) mass is 374 g/mol. The topological polar surface area (TPSA) is 58.6 Å². The lowest BCUT2D eigenvalue weighted by Crippen LogP contribution is -2.28. The molecule has 1 aliphatic rings. The van der Waals surface area contributed by atoms with Crippen LogP contribution in [0.4, 0.5) is 20.2 Å². The number of carbonyl (C=O) groups is 2. The van der Waals surface area contributed by atoms with Gasteiger partial charge in [-0.05, 0) is 38.1 Å². The zero-order valence-electron chi connectivity index (χ0n) is 15.0. The fourth-order valence-corrected chi connectivity index (χ4v) is 2.97. The predicted molar refractivity (Wildman–Crippen MR) is 97.7 cm³/mol. The largest absolute Gasteiger partial charge is 0.489 e. The molecule has 1 unspecified atom stereocenters. The third kappa shape index (κ3) is 4.24. The van der Waals surface area contributed by atoms with Gasteiger partial charge in [0.1, 0.15) is 5.75 Å². The minimum Gasteiger partial charge on any atom is -0.489 e. The highest BCUT2D eigenvalue weighted by Crippen LogP contribution is 2.34. The Labute approximate surface area is 155 Å². The van der Waals surface area contributed by atoms with Gasteiger partial charge in [-0.1, -0.05) is 12.1 Å². The molecule has 0 saturated carbocycles. The minimum absolute atomic E-state index is 0.0333. The van der Waals surface area contributed by atoms with Gasteiger partial charge in [-0.15, -0.1) is 0 Å². The van der Waals surface area contributed by atoms with E-state index in [1.165, 1.54) is 11.0 Å². The second kappa shape index (κ2) is 7.73. The second-order valence-electron chi connectivity index (χ2n) is 6.66. The smallest absolute Gasteiger partial charge is 0.229 e. The molecule has 0 spiro atoms. The number of nitrogens with one attached hydrogen (secondary N) is 1. The van der Waals surface area contributed by atoms with Gasteiger partial charge < -0.3 is 15.0 Å². The van der Waals surface area contributed by atoms with Gasteiger partial charge in [0, 0.05) is 24.7 Å². The van der Waals surface area contributed by atoms with E-state index in [-0.39, 0.29) is 30.7 Å². The number of ether oxygens (including phenoxy) is 1. The third-order valence-electron chi connectivity index (χ3n) is 4.20. The molecular formula is C20H20F2N2O3. The van der Waals surface area contributed by atoms with Crippen LogP contribution in [0.1, 0.15) is 20.3 Å². The van der Waals surface area contributed by atoms with E-state index in [2.05, 4.69) is 5.32 Å². The van der Waals surface area contributed by atoms with Crippen LogP contribution in [0.3, 0.4) is 0 Å². The zero-order valence-corrected chi connectivity index (χ0v) is 15.0. The van der Waals surface area contributed by atoms with Crippen LogP contribution in [-0.2, 0) is 9.59 Å². The van der Waals surface area contributed by atoms with Crippen LogP contribution in [0.25, 0.3) is 0 Å². The summed E-state index contributed by atoms with van der Waals surface area (Å²) >= 11 is 0. The normalized spacial score (nSPS) is 16.7. The van der Waals surface area contributed by atoms with E-state index in [9.17, 15) is 18.4 Å². The second-order valence-corrected chi connectivity index (χ2v) is 6.66. The Morgan fingerprint density at radius 2 is 1.93 bits per heavy atom. The molecule has 0 bridgehead atoms. The van der Waals surface area contributed by atoms with Crippen molar-refractivity contribution in [1.29, 1.82) is 0 Å². The molecule has 27 heavy (non-hydrogen) atoms. The van der Waals surface area contributed by atoms with E-state index in [1.807, 2.05) is 19.9 Å². The first-order valence-electron chi connectivity index (χ1n) is 8.67. The molecule has 0 radical (unpaired) electrons. The van der Waals surface area contributed by atoms with Crippen LogP contribution in [0, 0.1) is 17.6 Å². The zero-order chi connectivity index (χ0) is 19.6. The number of anilines is 2. The SMILES string of the molecule is CC(C)Oc1ccccc1N1CC(C(=O)Nc2ccc(F)c(F)c2)CC1=O. The van der Waals surface area contributed by atoms with E-state index in [1.54, 1.807) is 18.2 Å². The lowest BCUT2D eigenvalue weighted by atomic mass is 10.1. The van der Waals surface area contributed by atoms with Crippen molar-refractivity contribution in [2.24, 2.45) is 5.92 Å². The highest BCUT2D eigenvalue weighted by Gasteiger charge is 2.36. The Balaban J connectivity index is 1.73. The van der Waals surface area contributed by atoms with Crippen molar-refractivity contribution in [2.75, 3.05) is 16.8 Å². The molecular weight excluding hydrogens is 354 g/mol. The summed E-state index contributed by atoms with van der Waals surface area (Å²) in [7, 11) is 0. The van der Waals surface area contributed by atoms with Crippen LogP contribution >= 0.6 is 0 Å². The Hall–Kier alpha value is -2.96. The standard InChI is InChI=1S/C20H20F2N2O3/c1-12(2)27-18-6-4-3-5-17(18)24-11-13(9-19(24)25)20(26)23-14-7-8-15(21)16(22)10-14/h3-8,10,12-13H,9,11H2,1-2H3,(H,23,26). The van der Waals surface area contributed by atoms with Gasteiger partial charge in [0.25, 0.3) is 0 Å². The van der Waals surface area contributed by atoms with Crippen LogP contribution in [0.5, 0.6) is 5.75 Å². The fourth-order valence-electron chi connectivity index (χ4n) is 2.97. The summed E-state index contributed by atoms with van der Waals surface area (Å²) in [6.07, 6.45) is -0.0257. The maximum absolute atomic E-state index is 13.3. The Kier molecular flexibility index (Phi) is 5.39. The van der Waals surface area contributed by atoms with E-state index >= 15 is 0 Å². The summed E-state index contributed by atoms with van der Waals surface area (Å²) in [5.74, 6) is -2.67. The molecule has 0 aromatic heterocycles. The van der Waals surface area contributed by atoms with Crippen molar-refractivity contribution in [1.82, 2.24) is 0 Å². The lowest BCUT2D eigenvalue weighted by molar-refractivity contribution is -0.122. The van der Waals surface area contributed by atoms with Gasteiger partial charge in [0.05, 0.1) is 17.7 Å². The van der Waals surface area contributed by atoms with Crippen molar-refractivity contribution < 1.29 is 23.1 Å². The van der Waals surface area contributed by atoms with E-state index in [0.717, 1.165) is 12.1 Å². The van der Waals surface area contributed by atoms with Crippen LogP contribution in [0.15, 0.2) is 42.5 Å². The molecule has 1 fully saturated rings. The summed E-state index contributed by atoms with van der Waals surface area (Å²) in [6, 6.07) is 10.3. The quantitative estimate of drug-likeness (QED) is 0.867. The molecule has 2 amide bonds. The molecule has 2 aromatic rings. The number of halogens is 2. The first kappa shape index (κ1) is 18.8. The van der Waals surface area contributed by atoms with Crippen molar-refractivity contribution in [3.05, 3.63) is 54.1 Å². The number of rotatable bonds is 5. The fraction of sp³-hybridized carbons (Fsp3) is 0.300. The van der Waals surface area contributed by atoms with Crippen molar-refractivity contribution >= 4 is 23.2 Å². The molecule has 7 heteroatoms. The molecule has 1 atom stereocenters. The van der Waals surface area contributed by atoms with Crippen molar-refractivity contribution in [3.63, 3.8) is 0 Å². The van der Waals surface area contributed by atoms with Gasteiger partial charge in [-0.25, -0.2) is 8.78 Å². The highest BCUT2D eigenvalue weighted by molar-refractivity contribution is 6.04. The van der Waals surface area contributed by atoms with Gasteiger partial charge in [-0.2, -0.15) is 0 Å². The predicted octanol–water partition coefficient (Wildman–Crippen LogP) is 3.74. The average molecular weight is 374 g/mol. The van der Waals surface area contributed by atoms with E-state index in [0.29, 0.717) is 11.4 Å². The Morgan fingerprint density at radius 3 is 2.63 bits per heavy atom. The van der Waals surface area contributed by atoms with E-state index < -0.39 is 23.5 Å². The van der Waals surface area contributed by atoms with Crippen LogP contribution in [-0.4, -0.2) is 24.5 Å². The maximum Gasteiger partial charge on any atom is 0.229 e. The lowest BCUT2D eigenvalue weighted by Gasteiger charge is -2.21. The number of para-hydroxylation sites is 2. The van der Waals surface area contributed by atoms with Crippen molar-refractivity contribution in [2.45, 2.75) is 26.4 Å². The van der Waals surface area contributed by atoms with Gasteiger partial charge >= 0.3 is 0 Å². The summed E-state index contributed by atoms with van der Waals surface area (Å²) < 4.78 is 32.1. The molecule has 1 saturated heterocycles. The molecule has 0 aliphatic carbocycles. The minimum atomic E-state index is -1.04.